The van der Waals surface area contributed by atoms with Crippen LogP contribution in [0.3, 0.4) is 0 Å². The van der Waals surface area contributed by atoms with Crippen LogP contribution in [0.15, 0.2) is 53.8 Å². The summed E-state index contributed by atoms with van der Waals surface area (Å²) in [7, 11) is 1.59. The minimum atomic E-state index is -0.777. The number of aryl methyl sites for hydroxylation is 1. The highest BCUT2D eigenvalue weighted by atomic mass is 16.5. The van der Waals surface area contributed by atoms with Crippen molar-refractivity contribution in [1.29, 1.82) is 0 Å². The number of carbonyl (C=O) groups is 3. The Balaban J connectivity index is 1.89. The summed E-state index contributed by atoms with van der Waals surface area (Å²) in [5, 5.41) is 10.8. The normalized spacial score (nSPS) is 18.5. The third-order valence-electron chi connectivity index (χ3n) is 6.16. The minimum absolute atomic E-state index is 0.0994. The van der Waals surface area contributed by atoms with Gasteiger partial charge >= 0.3 is 0 Å². The third-order valence-corrected chi connectivity index (χ3v) is 6.16. The Morgan fingerprint density at radius 2 is 1.91 bits per heavy atom. The summed E-state index contributed by atoms with van der Waals surface area (Å²) >= 11 is 0. The Hall–Kier alpha value is -3.25. The highest BCUT2D eigenvalue weighted by Gasteiger charge is 2.45. The van der Waals surface area contributed by atoms with E-state index >= 15 is 0 Å². The molecule has 6 heteroatoms. The first kappa shape index (κ1) is 22.0. The number of aliphatic hydroxyl groups is 1. The molecule has 0 aromatic heterocycles. The average Bonchev–Trinajstić information content (AvgIpc) is 3.04. The van der Waals surface area contributed by atoms with Crippen molar-refractivity contribution in [2.75, 3.05) is 12.0 Å². The monoisotopic (exact) mass is 433 g/mol. The molecule has 1 amide bonds. The zero-order chi connectivity index (χ0) is 23.0. The molecule has 166 valence electrons. The van der Waals surface area contributed by atoms with E-state index in [1.165, 1.54) is 4.90 Å². The van der Waals surface area contributed by atoms with Gasteiger partial charge in [-0.05, 0) is 47.7 Å². The van der Waals surface area contributed by atoms with Gasteiger partial charge in [0.2, 0.25) is 0 Å². The number of hydrogen-bond acceptors (Lipinski definition) is 5. The molecule has 6 nitrogen and oxygen atoms in total. The van der Waals surface area contributed by atoms with Crippen LogP contribution in [0.2, 0.25) is 0 Å². The van der Waals surface area contributed by atoms with E-state index in [4.69, 9.17) is 4.74 Å². The van der Waals surface area contributed by atoms with Crippen molar-refractivity contribution in [1.82, 2.24) is 0 Å². The van der Waals surface area contributed by atoms with Crippen molar-refractivity contribution in [3.8, 4) is 0 Å². The van der Waals surface area contributed by atoms with Crippen LogP contribution in [0.1, 0.15) is 59.8 Å². The molecule has 4 rings (SSSR count). The van der Waals surface area contributed by atoms with E-state index < -0.39 is 23.6 Å². The molecule has 1 N–H and O–H groups in total. The molecular weight excluding hydrogens is 406 g/mol. The topological polar surface area (TPSA) is 83.9 Å². The molecule has 2 aromatic rings. The fraction of sp³-hybridized carbons (Fsp3) is 0.346. The van der Waals surface area contributed by atoms with Crippen molar-refractivity contribution in [2.24, 2.45) is 5.92 Å². The Labute approximate surface area is 187 Å². The van der Waals surface area contributed by atoms with Gasteiger partial charge in [0.1, 0.15) is 0 Å². The summed E-state index contributed by atoms with van der Waals surface area (Å²) in [6.45, 7) is 3.80. The molecule has 0 saturated carbocycles. The van der Waals surface area contributed by atoms with Crippen LogP contribution >= 0.6 is 0 Å². The second-order valence-electron chi connectivity index (χ2n) is 8.61. The van der Waals surface area contributed by atoms with E-state index in [-0.39, 0.29) is 17.1 Å². The quantitative estimate of drug-likeness (QED) is 0.726. The van der Waals surface area contributed by atoms with Gasteiger partial charge < -0.3 is 9.84 Å². The number of methoxy groups -OCH3 is 1. The van der Waals surface area contributed by atoms with Gasteiger partial charge in [0.25, 0.3) is 5.91 Å². The summed E-state index contributed by atoms with van der Waals surface area (Å²) in [5.41, 5.74) is 3.78. The number of hydrogen-bond donors (Lipinski definition) is 1. The van der Waals surface area contributed by atoms with Crippen molar-refractivity contribution >= 4 is 23.2 Å². The van der Waals surface area contributed by atoms with E-state index in [0.29, 0.717) is 24.3 Å². The maximum absolute atomic E-state index is 13.3. The van der Waals surface area contributed by atoms with Crippen LogP contribution in [-0.2, 0) is 27.4 Å². The molecule has 0 spiro atoms. The van der Waals surface area contributed by atoms with Gasteiger partial charge in [0, 0.05) is 30.7 Å². The number of nitrogens with zero attached hydrogens (tertiary/aromatic N) is 1. The summed E-state index contributed by atoms with van der Waals surface area (Å²) in [4.78, 5) is 40.2. The van der Waals surface area contributed by atoms with Gasteiger partial charge in [-0.3, -0.25) is 19.3 Å². The molecule has 1 aliphatic carbocycles. The molecule has 0 saturated heterocycles. The third kappa shape index (κ3) is 3.65. The number of ketones is 2. The lowest BCUT2D eigenvalue weighted by atomic mass is 9.88. The van der Waals surface area contributed by atoms with Gasteiger partial charge in [0.05, 0.1) is 18.2 Å². The van der Waals surface area contributed by atoms with Crippen molar-refractivity contribution in [2.45, 2.75) is 45.8 Å². The number of carbonyl (C=O) groups excluding carboxylic acids is 3. The van der Waals surface area contributed by atoms with Gasteiger partial charge in [-0.15, -0.1) is 0 Å². The van der Waals surface area contributed by atoms with Gasteiger partial charge in [-0.2, -0.15) is 0 Å². The number of benzene rings is 2. The van der Waals surface area contributed by atoms with E-state index in [9.17, 15) is 19.5 Å². The summed E-state index contributed by atoms with van der Waals surface area (Å²) in [6, 6.07) is 12.0. The molecule has 2 aromatic carbocycles. The molecule has 2 aliphatic rings. The van der Waals surface area contributed by atoms with Gasteiger partial charge in [0.15, 0.2) is 17.3 Å². The first-order chi connectivity index (χ1) is 15.3. The van der Waals surface area contributed by atoms with Crippen LogP contribution in [0, 0.1) is 5.92 Å². The van der Waals surface area contributed by atoms with Crippen LogP contribution < -0.4 is 4.90 Å². The molecular formula is C26H27NO5. The summed E-state index contributed by atoms with van der Waals surface area (Å²) in [5.74, 6) is -1.70. The molecule has 1 atom stereocenters. The van der Waals surface area contributed by atoms with E-state index in [1.54, 1.807) is 33.1 Å². The molecule has 0 bridgehead atoms. The Morgan fingerprint density at radius 1 is 1.16 bits per heavy atom. The zero-order valence-corrected chi connectivity index (χ0v) is 18.6. The van der Waals surface area contributed by atoms with Crippen LogP contribution in [0.5, 0.6) is 0 Å². The van der Waals surface area contributed by atoms with E-state index in [0.717, 1.165) is 29.5 Å². The van der Waals surface area contributed by atoms with Crippen LogP contribution in [0.25, 0.3) is 0 Å². The lowest BCUT2D eigenvalue weighted by Crippen LogP contribution is -2.32. The molecule has 1 heterocycles. The first-order valence-corrected chi connectivity index (χ1v) is 10.9. The van der Waals surface area contributed by atoms with Crippen molar-refractivity contribution < 1.29 is 24.2 Å². The summed E-state index contributed by atoms with van der Waals surface area (Å²) in [6.07, 6.45) is 2.04. The lowest BCUT2D eigenvalue weighted by Gasteiger charge is -2.30. The molecule has 1 aliphatic heterocycles. The fourth-order valence-electron chi connectivity index (χ4n) is 4.60. The van der Waals surface area contributed by atoms with Gasteiger partial charge in [-0.25, -0.2) is 0 Å². The minimum Gasteiger partial charge on any atom is -0.503 e. The zero-order valence-electron chi connectivity index (χ0n) is 18.6. The molecule has 32 heavy (non-hydrogen) atoms. The molecule has 0 radical (unpaired) electrons. The Morgan fingerprint density at radius 3 is 2.62 bits per heavy atom. The molecule has 1 unspecified atom stereocenters. The SMILES string of the molecule is COCc1ccccc1C1C(C(=O)C(C)C)=C(O)C(=O)N1c1ccc2c(c1)CCCC2=O. The summed E-state index contributed by atoms with van der Waals surface area (Å²) < 4.78 is 5.35. The highest BCUT2D eigenvalue weighted by molar-refractivity contribution is 6.17. The van der Waals surface area contributed by atoms with Gasteiger partial charge in [-0.1, -0.05) is 38.1 Å². The predicted octanol–water partition coefficient (Wildman–Crippen LogP) is 4.48. The Kier molecular flexibility index (Phi) is 5.98. The lowest BCUT2D eigenvalue weighted by molar-refractivity contribution is -0.119. The number of amides is 1. The number of fused-ring (bicyclic) bond motifs is 1. The molecule has 0 fully saturated rings. The van der Waals surface area contributed by atoms with Crippen LogP contribution in [0.4, 0.5) is 5.69 Å². The van der Waals surface area contributed by atoms with E-state index in [2.05, 4.69) is 0 Å². The number of rotatable bonds is 6. The predicted molar refractivity (Wildman–Crippen MR) is 121 cm³/mol. The van der Waals surface area contributed by atoms with Crippen molar-refractivity contribution in [3.05, 3.63) is 76.1 Å². The number of aliphatic hydroxyl groups excluding tert-OH is 1. The standard InChI is InChI=1S/C26H27NO5/c1-15(2)24(29)22-23(20-9-5-4-7-17(20)14-32-3)27(26(31)25(22)30)18-11-12-19-16(13-18)8-6-10-21(19)28/h4-5,7,9,11-13,15,23,30H,6,8,10,14H2,1-3H3. The second-order valence-corrected chi connectivity index (χ2v) is 8.61. The highest BCUT2D eigenvalue weighted by Crippen LogP contribution is 2.43. The first-order valence-electron chi connectivity index (χ1n) is 10.9. The largest absolute Gasteiger partial charge is 0.503 e. The number of anilines is 1. The smallest absolute Gasteiger partial charge is 0.294 e. The second kappa shape index (κ2) is 8.71. The Bertz CT molecular complexity index is 1130. The van der Waals surface area contributed by atoms with E-state index in [1.807, 2.05) is 30.3 Å². The number of Topliss-reactive ketones (excluding diaryl/α,β-unsaturated/α-hetero) is 2. The van der Waals surface area contributed by atoms with Crippen molar-refractivity contribution in [3.63, 3.8) is 0 Å². The maximum atomic E-state index is 13.3. The average molecular weight is 434 g/mol. The number of ether oxygens (including phenoxy) is 1. The van der Waals surface area contributed by atoms with Crippen LogP contribution in [-0.4, -0.2) is 29.7 Å². The fourth-order valence-corrected chi connectivity index (χ4v) is 4.60. The maximum Gasteiger partial charge on any atom is 0.294 e.